The highest BCUT2D eigenvalue weighted by Gasteiger charge is 2.28. The average Bonchev–Trinajstić information content (AvgIpc) is 2.82. The van der Waals surface area contributed by atoms with Crippen LogP contribution in [-0.2, 0) is 16.0 Å². The summed E-state index contributed by atoms with van der Waals surface area (Å²) in [6.07, 6.45) is 0.143. The molecule has 0 aliphatic carbocycles. The standard InChI is InChI=1S/C28H27ClF2N2O3/c1-17(25(34)13-18-5-7-19(8-6-18)27(35)36-28(2,3)4)33-12-11-22(24(16-33)26(30)31)23-14-21(29)10-9-20(23)15-32/h5-11,14,16-17,26H,12-13H2,1-4H3. The third-order valence-corrected chi connectivity index (χ3v) is 5.91. The molecule has 2 aromatic carbocycles. The fourth-order valence-corrected chi connectivity index (χ4v) is 3.96. The van der Waals surface area contributed by atoms with E-state index in [0.29, 0.717) is 21.7 Å². The van der Waals surface area contributed by atoms with Gasteiger partial charge in [0.05, 0.1) is 23.2 Å². The number of esters is 1. The van der Waals surface area contributed by atoms with Crippen LogP contribution in [0.2, 0.25) is 5.02 Å². The highest BCUT2D eigenvalue weighted by Crippen LogP contribution is 2.34. The second kappa shape index (κ2) is 11.0. The van der Waals surface area contributed by atoms with Gasteiger partial charge in [0.2, 0.25) is 0 Å². The summed E-state index contributed by atoms with van der Waals surface area (Å²) in [4.78, 5) is 26.7. The molecule has 1 atom stereocenters. The number of benzene rings is 2. The molecule has 1 heterocycles. The largest absolute Gasteiger partial charge is 0.456 e. The third-order valence-electron chi connectivity index (χ3n) is 5.68. The molecule has 0 spiro atoms. The lowest BCUT2D eigenvalue weighted by Crippen LogP contribution is -2.38. The molecule has 36 heavy (non-hydrogen) atoms. The molecule has 0 bridgehead atoms. The Balaban J connectivity index is 1.74. The molecule has 1 aliphatic heterocycles. The number of halogens is 3. The summed E-state index contributed by atoms with van der Waals surface area (Å²) in [6, 6.07) is 12.4. The number of nitrogens with zero attached hydrogens (tertiary/aromatic N) is 2. The summed E-state index contributed by atoms with van der Waals surface area (Å²) in [7, 11) is 0. The van der Waals surface area contributed by atoms with Crippen LogP contribution in [0.3, 0.4) is 0 Å². The van der Waals surface area contributed by atoms with Gasteiger partial charge in [-0.2, -0.15) is 5.26 Å². The summed E-state index contributed by atoms with van der Waals surface area (Å²) >= 11 is 6.05. The number of Topliss-reactive ketones (excluding diaryl/α,β-unsaturated/α-hetero) is 1. The molecule has 3 rings (SSSR count). The smallest absolute Gasteiger partial charge is 0.338 e. The number of hydrogen-bond acceptors (Lipinski definition) is 5. The first kappa shape index (κ1) is 27.1. The van der Waals surface area contributed by atoms with E-state index in [1.807, 2.05) is 6.07 Å². The third kappa shape index (κ3) is 6.58. The van der Waals surface area contributed by atoms with Gasteiger partial charge < -0.3 is 9.64 Å². The summed E-state index contributed by atoms with van der Waals surface area (Å²) in [5.41, 5.74) is 0.995. The number of carbonyl (C=O) groups excluding carboxylic acids is 2. The number of ketones is 1. The van der Waals surface area contributed by atoms with Crippen LogP contribution in [0.15, 0.2) is 60.3 Å². The van der Waals surface area contributed by atoms with Gasteiger partial charge in [0.25, 0.3) is 6.43 Å². The van der Waals surface area contributed by atoms with Crippen molar-refractivity contribution in [3.05, 3.63) is 87.6 Å². The number of hydrogen-bond donors (Lipinski definition) is 0. The van der Waals surface area contributed by atoms with Crippen molar-refractivity contribution in [1.82, 2.24) is 4.90 Å². The highest BCUT2D eigenvalue weighted by molar-refractivity contribution is 6.30. The van der Waals surface area contributed by atoms with E-state index in [0.717, 1.165) is 0 Å². The van der Waals surface area contributed by atoms with E-state index in [2.05, 4.69) is 0 Å². The van der Waals surface area contributed by atoms with Crippen LogP contribution < -0.4 is 0 Å². The van der Waals surface area contributed by atoms with Crippen LogP contribution in [0.1, 0.15) is 54.7 Å². The van der Waals surface area contributed by atoms with E-state index in [4.69, 9.17) is 16.3 Å². The molecule has 2 aromatic rings. The number of allylic oxidation sites excluding steroid dienone is 2. The number of carbonyl (C=O) groups is 2. The Labute approximate surface area is 214 Å². The van der Waals surface area contributed by atoms with Gasteiger partial charge in [0.1, 0.15) is 5.60 Å². The Hall–Kier alpha value is -3.50. The zero-order valence-corrected chi connectivity index (χ0v) is 21.3. The average molecular weight is 513 g/mol. The van der Waals surface area contributed by atoms with Crippen LogP contribution in [0.4, 0.5) is 8.78 Å². The van der Waals surface area contributed by atoms with E-state index in [1.165, 1.54) is 24.4 Å². The fourth-order valence-electron chi connectivity index (χ4n) is 3.79. The Morgan fingerprint density at radius 3 is 2.42 bits per heavy atom. The predicted octanol–water partition coefficient (Wildman–Crippen LogP) is 6.22. The van der Waals surface area contributed by atoms with Crippen molar-refractivity contribution in [1.29, 1.82) is 5.26 Å². The molecule has 0 radical (unpaired) electrons. The molecule has 0 amide bonds. The first-order chi connectivity index (χ1) is 16.9. The zero-order chi connectivity index (χ0) is 26.6. The van der Waals surface area contributed by atoms with Crippen LogP contribution in [0.5, 0.6) is 0 Å². The van der Waals surface area contributed by atoms with Crippen molar-refractivity contribution in [3.63, 3.8) is 0 Å². The minimum atomic E-state index is -2.81. The van der Waals surface area contributed by atoms with E-state index in [1.54, 1.807) is 62.9 Å². The summed E-state index contributed by atoms with van der Waals surface area (Å²) in [6.45, 7) is 7.22. The Morgan fingerprint density at radius 2 is 1.83 bits per heavy atom. The van der Waals surface area contributed by atoms with Crippen LogP contribution in [0, 0.1) is 11.3 Å². The highest BCUT2D eigenvalue weighted by atomic mass is 35.5. The summed E-state index contributed by atoms with van der Waals surface area (Å²) in [5.74, 6) is -0.615. The van der Waals surface area contributed by atoms with Crippen LogP contribution in [0.25, 0.3) is 5.57 Å². The molecule has 188 valence electrons. The zero-order valence-electron chi connectivity index (χ0n) is 20.5. The molecule has 8 heteroatoms. The minimum absolute atomic E-state index is 0.0769. The normalized spacial score (nSPS) is 14.6. The summed E-state index contributed by atoms with van der Waals surface area (Å²) in [5, 5.41) is 9.74. The molecule has 1 aliphatic rings. The number of ether oxygens (including phenoxy) is 1. The molecule has 5 nitrogen and oxygen atoms in total. The van der Waals surface area contributed by atoms with Gasteiger partial charge in [-0.1, -0.05) is 29.8 Å². The van der Waals surface area contributed by atoms with Gasteiger partial charge in [-0.3, -0.25) is 4.79 Å². The van der Waals surface area contributed by atoms with Crippen molar-refractivity contribution >= 4 is 28.9 Å². The van der Waals surface area contributed by atoms with Crippen molar-refractivity contribution in [2.45, 2.75) is 52.2 Å². The van der Waals surface area contributed by atoms with Gasteiger partial charge >= 0.3 is 5.97 Å². The maximum Gasteiger partial charge on any atom is 0.338 e. The lowest BCUT2D eigenvalue weighted by atomic mass is 9.92. The molecule has 0 fully saturated rings. The molecule has 0 aromatic heterocycles. The Kier molecular flexibility index (Phi) is 8.31. The fraction of sp³-hybridized carbons (Fsp3) is 0.321. The lowest BCUT2D eigenvalue weighted by molar-refractivity contribution is -0.122. The second-order valence-corrected chi connectivity index (χ2v) is 9.96. The van der Waals surface area contributed by atoms with Gasteiger partial charge in [-0.25, -0.2) is 13.6 Å². The quantitative estimate of drug-likeness (QED) is 0.412. The maximum atomic E-state index is 14.0. The minimum Gasteiger partial charge on any atom is -0.456 e. The maximum absolute atomic E-state index is 14.0. The van der Waals surface area contributed by atoms with Crippen molar-refractivity contribution in [2.24, 2.45) is 0 Å². The lowest BCUT2D eigenvalue weighted by Gasteiger charge is -2.31. The van der Waals surface area contributed by atoms with Gasteiger partial charge in [-0.15, -0.1) is 0 Å². The summed E-state index contributed by atoms with van der Waals surface area (Å²) < 4.78 is 33.4. The van der Waals surface area contributed by atoms with Crippen LogP contribution in [-0.4, -0.2) is 41.3 Å². The van der Waals surface area contributed by atoms with Crippen LogP contribution >= 0.6 is 11.6 Å². The molecule has 0 N–H and O–H groups in total. The van der Waals surface area contributed by atoms with E-state index in [9.17, 15) is 23.6 Å². The van der Waals surface area contributed by atoms with E-state index >= 15 is 0 Å². The van der Waals surface area contributed by atoms with Gasteiger partial charge in [0, 0.05) is 35.3 Å². The molecular formula is C28H27ClF2N2O3. The Bertz CT molecular complexity index is 1260. The Morgan fingerprint density at radius 1 is 1.17 bits per heavy atom. The molecule has 0 saturated heterocycles. The number of alkyl halides is 2. The molecule has 0 saturated carbocycles. The van der Waals surface area contributed by atoms with Crippen molar-refractivity contribution in [3.8, 4) is 6.07 Å². The van der Waals surface area contributed by atoms with Gasteiger partial charge in [-0.05, 0) is 69.2 Å². The molecule has 1 unspecified atom stereocenters. The number of rotatable bonds is 7. The topological polar surface area (TPSA) is 70.4 Å². The second-order valence-electron chi connectivity index (χ2n) is 9.52. The van der Waals surface area contributed by atoms with Crippen molar-refractivity contribution < 1.29 is 23.1 Å². The van der Waals surface area contributed by atoms with Gasteiger partial charge in [0.15, 0.2) is 5.78 Å². The predicted molar refractivity (Wildman–Crippen MR) is 135 cm³/mol. The SMILES string of the molecule is CC(C(=O)Cc1ccc(C(=O)OC(C)(C)C)cc1)N1C=C(C(F)F)C(c2cc(Cl)ccc2C#N)=CC1. The first-order valence-corrected chi connectivity index (χ1v) is 11.8. The van der Waals surface area contributed by atoms with E-state index in [-0.39, 0.29) is 35.5 Å². The molecular weight excluding hydrogens is 486 g/mol. The van der Waals surface area contributed by atoms with Crippen molar-refractivity contribution in [2.75, 3.05) is 6.54 Å². The first-order valence-electron chi connectivity index (χ1n) is 11.4. The number of nitriles is 1. The van der Waals surface area contributed by atoms with E-state index < -0.39 is 24.0 Å². The monoisotopic (exact) mass is 512 g/mol.